The van der Waals surface area contributed by atoms with Gasteiger partial charge in [0.25, 0.3) is 11.5 Å². The van der Waals surface area contributed by atoms with Crippen molar-refractivity contribution in [3.63, 3.8) is 0 Å². The first-order valence-corrected chi connectivity index (χ1v) is 13.6. The molecule has 1 aromatic heterocycles. The number of ether oxygens (including phenoxy) is 1. The first-order chi connectivity index (χ1) is 18.7. The minimum atomic E-state index is -0.738. The molecule has 1 N–H and O–H groups in total. The molecule has 0 radical (unpaired) electrons. The van der Waals surface area contributed by atoms with Crippen molar-refractivity contribution in [1.29, 1.82) is 5.26 Å². The van der Waals surface area contributed by atoms with Crippen molar-refractivity contribution >= 4 is 22.9 Å². The molecular weight excluding hydrogens is 488 g/mol. The van der Waals surface area contributed by atoms with Crippen LogP contribution in [-0.2, 0) is 11.3 Å². The van der Waals surface area contributed by atoms with E-state index in [-0.39, 0.29) is 29.7 Å². The molecule has 2 heterocycles. The maximum Gasteiger partial charge on any atom is 0.266 e. The summed E-state index contributed by atoms with van der Waals surface area (Å²) in [7, 11) is 0. The number of carbonyl (C=O) groups is 1. The van der Waals surface area contributed by atoms with Crippen LogP contribution in [0.5, 0.6) is 5.75 Å². The molecule has 1 aliphatic rings. The summed E-state index contributed by atoms with van der Waals surface area (Å²) in [6.45, 7) is 10.4. The van der Waals surface area contributed by atoms with Gasteiger partial charge in [0.05, 0.1) is 6.54 Å². The Morgan fingerprint density at radius 1 is 1.05 bits per heavy atom. The van der Waals surface area contributed by atoms with Crippen LogP contribution in [0.2, 0.25) is 0 Å². The van der Waals surface area contributed by atoms with E-state index in [1.54, 1.807) is 0 Å². The second kappa shape index (κ2) is 12.1. The molecule has 1 aliphatic heterocycles. The number of rotatable bonds is 10. The SMILES string of the molecule is CCCCCCC(Oc1ccc(C)cc1C)C(=O)Nc1cc(=O)n2c(n1)C(C#N)=C(c1cc(C)ccc1C)C2. The monoisotopic (exact) mass is 524 g/mol. The van der Waals surface area contributed by atoms with Crippen LogP contribution in [0.1, 0.15) is 72.7 Å². The Labute approximate surface area is 230 Å². The number of hydrogen-bond donors (Lipinski definition) is 1. The average molecular weight is 525 g/mol. The quantitative estimate of drug-likeness (QED) is 0.315. The third-order valence-electron chi connectivity index (χ3n) is 7.14. The van der Waals surface area contributed by atoms with Crippen molar-refractivity contribution in [3.8, 4) is 11.8 Å². The number of unbranched alkanes of at least 4 members (excludes halogenated alkanes) is 3. The second-order valence-electron chi connectivity index (χ2n) is 10.4. The predicted molar refractivity (Wildman–Crippen MR) is 155 cm³/mol. The van der Waals surface area contributed by atoms with Crippen molar-refractivity contribution < 1.29 is 9.53 Å². The van der Waals surface area contributed by atoms with Crippen molar-refractivity contribution in [2.24, 2.45) is 0 Å². The number of fused-ring (bicyclic) bond motifs is 1. The molecule has 39 heavy (non-hydrogen) atoms. The van der Waals surface area contributed by atoms with E-state index in [0.717, 1.165) is 59.1 Å². The van der Waals surface area contributed by atoms with E-state index < -0.39 is 6.10 Å². The highest BCUT2D eigenvalue weighted by atomic mass is 16.5. The van der Waals surface area contributed by atoms with E-state index in [1.807, 2.05) is 64.1 Å². The number of aryl methyl sites for hydroxylation is 4. The Bertz CT molecular complexity index is 1530. The molecule has 202 valence electrons. The van der Waals surface area contributed by atoms with Crippen LogP contribution in [0.3, 0.4) is 0 Å². The third-order valence-corrected chi connectivity index (χ3v) is 7.14. The summed E-state index contributed by atoms with van der Waals surface area (Å²) in [6, 6.07) is 15.5. The molecule has 1 amide bonds. The highest BCUT2D eigenvalue weighted by molar-refractivity contribution is 5.99. The van der Waals surface area contributed by atoms with Crippen LogP contribution in [0.25, 0.3) is 11.1 Å². The summed E-state index contributed by atoms with van der Waals surface area (Å²) < 4.78 is 7.68. The first-order valence-electron chi connectivity index (χ1n) is 13.6. The molecule has 3 aromatic rings. The highest BCUT2D eigenvalue weighted by Crippen LogP contribution is 2.34. The van der Waals surface area contributed by atoms with Gasteiger partial charge in [0.2, 0.25) is 0 Å². The summed E-state index contributed by atoms with van der Waals surface area (Å²) in [6.07, 6.45) is 3.84. The topological polar surface area (TPSA) is 97.0 Å². The molecule has 1 atom stereocenters. The van der Waals surface area contributed by atoms with Gasteiger partial charge >= 0.3 is 0 Å². The summed E-state index contributed by atoms with van der Waals surface area (Å²) >= 11 is 0. The number of hydrogen-bond acceptors (Lipinski definition) is 5. The molecule has 1 unspecified atom stereocenters. The van der Waals surface area contributed by atoms with E-state index in [0.29, 0.717) is 17.7 Å². The summed E-state index contributed by atoms with van der Waals surface area (Å²) in [5.41, 5.74) is 5.88. The van der Waals surface area contributed by atoms with Gasteiger partial charge in [0.15, 0.2) is 11.9 Å². The van der Waals surface area contributed by atoms with Crippen LogP contribution in [0, 0.1) is 39.0 Å². The Morgan fingerprint density at radius 2 is 1.79 bits per heavy atom. The lowest BCUT2D eigenvalue weighted by atomic mass is 9.96. The summed E-state index contributed by atoms with van der Waals surface area (Å²) in [4.78, 5) is 31.1. The van der Waals surface area contributed by atoms with Gasteiger partial charge in [-0.2, -0.15) is 5.26 Å². The fraction of sp³-hybridized carbons (Fsp3) is 0.375. The number of nitrogens with zero attached hydrogens (tertiary/aromatic N) is 3. The normalized spacial score (nSPS) is 13.1. The zero-order valence-corrected chi connectivity index (χ0v) is 23.4. The van der Waals surface area contributed by atoms with Crippen LogP contribution in [0.4, 0.5) is 5.82 Å². The van der Waals surface area contributed by atoms with Crippen LogP contribution in [0.15, 0.2) is 47.3 Å². The van der Waals surface area contributed by atoms with E-state index in [9.17, 15) is 14.9 Å². The fourth-order valence-corrected chi connectivity index (χ4v) is 4.98. The molecular formula is C32H36N4O3. The minimum Gasteiger partial charge on any atom is -0.480 e. The smallest absolute Gasteiger partial charge is 0.266 e. The van der Waals surface area contributed by atoms with Gasteiger partial charge in [-0.15, -0.1) is 0 Å². The number of carbonyl (C=O) groups excluding carboxylic acids is 1. The lowest BCUT2D eigenvalue weighted by molar-refractivity contribution is -0.123. The van der Waals surface area contributed by atoms with Gasteiger partial charge < -0.3 is 10.1 Å². The van der Waals surface area contributed by atoms with E-state index in [1.165, 1.54) is 10.6 Å². The Morgan fingerprint density at radius 3 is 2.51 bits per heavy atom. The Hall–Kier alpha value is -4.18. The number of allylic oxidation sites excluding steroid dienone is 2. The largest absolute Gasteiger partial charge is 0.480 e. The van der Waals surface area contributed by atoms with Crippen molar-refractivity contribution in [2.45, 2.75) is 79.4 Å². The lowest BCUT2D eigenvalue weighted by Crippen LogP contribution is -2.34. The van der Waals surface area contributed by atoms with Crippen LogP contribution >= 0.6 is 0 Å². The number of anilines is 1. The number of nitrogens with one attached hydrogen (secondary N) is 1. The number of benzene rings is 2. The van der Waals surface area contributed by atoms with Gasteiger partial charge in [-0.05, 0) is 63.3 Å². The van der Waals surface area contributed by atoms with E-state index in [2.05, 4.69) is 23.3 Å². The second-order valence-corrected chi connectivity index (χ2v) is 10.4. The molecule has 4 rings (SSSR count). The zero-order chi connectivity index (χ0) is 28.1. The van der Waals surface area contributed by atoms with E-state index >= 15 is 0 Å². The standard InChI is InChI=1S/C32H36N4O3/c1-6-7-8-9-10-28(39-27-14-12-20(2)15-23(27)5)32(38)35-29-17-30(37)36-19-26(25(18-33)31(36)34-29)24-16-21(3)11-13-22(24)4/h11-17,28H,6-10,19H2,1-5H3,(H,35,38). The molecule has 0 spiro atoms. The molecule has 0 saturated heterocycles. The number of aromatic nitrogens is 2. The number of amides is 1. The fourth-order valence-electron chi connectivity index (χ4n) is 4.98. The van der Waals surface area contributed by atoms with Crippen molar-refractivity contribution in [3.05, 3.63) is 86.5 Å². The maximum atomic E-state index is 13.4. The molecule has 7 nitrogen and oxygen atoms in total. The lowest BCUT2D eigenvalue weighted by Gasteiger charge is -2.20. The molecule has 0 aliphatic carbocycles. The van der Waals surface area contributed by atoms with Gasteiger partial charge in [0, 0.05) is 11.6 Å². The number of nitriles is 1. The molecule has 0 fully saturated rings. The molecule has 0 bridgehead atoms. The predicted octanol–water partition coefficient (Wildman–Crippen LogP) is 6.28. The van der Waals surface area contributed by atoms with Crippen LogP contribution < -0.4 is 15.6 Å². The van der Waals surface area contributed by atoms with Gasteiger partial charge in [0.1, 0.15) is 23.2 Å². The summed E-state index contributed by atoms with van der Waals surface area (Å²) in [5, 5.41) is 12.8. The molecule has 0 saturated carbocycles. The minimum absolute atomic E-state index is 0.119. The maximum absolute atomic E-state index is 13.4. The third kappa shape index (κ3) is 6.28. The van der Waals surface area contributed by atoms with Crippen LogP contribution in [-0.4, -0.2) is 21.6 Å². The molecule has 2 aromatic carbocycles. The van der Waals surface area contributed by atoms with Crippen molar-refractivity contribution in [1.82, 2.24) is 9.55 Å². The highest BCUT2D eigenvalue weighted by Gasteiger charge is 2.28. The van der Waals surface area contributed by atoms with Gasteiger partial charge in [-0.25, -0.2) is 4.98 Å². The van der Waals surface area contributed by atoms with Gasteiger partial charge in [-0.1, -0.05) is 67.6 Å². The van der Waals surface area contributed by atoms with Crippen molar-refractivity contribution in [2.75, 3.05) is 5.32 Å². The Kier molecular flexibility index (Phi) is 8.65. The first kappa shape index (κ1) is 27.8. The average Bonchev–Trinajstić information content (AvgIpc) is 3.27. The Balaban J connectivity index is 1.62. The van der Waals surface area contributed by atoms with Gasteiger partial charge in [-0.3, -0.25) is 14.2 Å². The van der Waals surface area contributed by atoms with E-state index in [4.69, 9.17) is 4.74 Å². The summed E-state index contributed by atoms with van der Waals surface area (Å²) in [5.74, 6) is 0.685. The molecule has 7 heteroatoms. The zero-order valence-electron chi connectivity index (χ0n) is 23.4.